The van der Waals surface area contributed by atoms with Crippen molar-refractivity contribution >= 4 is 11.6 Å². The topological polar surface area (TPSA) is 48.0 Å². The molecule has 5 nitrogen and oxygen atoms in total. The highest BCUT2D eigenvalue weighted by molar-refractivity contribution is 6.07. The Balaban J connectivity index is 1.50. The van der Waals surface area contributed by atoms with E-state index >= 15 is 0 Å². The molecule has 5 heteroatoms. The van der Waals surface area contributed by atoms with E-state index in [1.807, 2.05) is 47.4 Å². The Morgan fingerprint density at radius 3 is 2.93 bits per heavy atom. The molecular formula is C22H25NO4. The average Bonchev–Trinajstić information content (AvgIpc) is 3.24. The highest BCUT2D eigenvalue weighted by atomic mass is 16.5. The molecule has 2 heterocycles. The summed E-state index contributed by atoms with van der Waals surface area (Å²) in [5.41, 5.74) is 2.76. The van der Waals surface area contributed by atoms with E-state index in [4.69, 9.17) is 14.2 Å². The number of carbonyl (C=O) groups is 1. The third-order valence-electron chi connectivity index (χ3n) is 5.19. The molecule has 0 bridgehead atoms. The molecule has 2 aromatic rings. The number of hydrogen-bond acceptors (Lipinski definition) is 4. The first-order valence-electron chi connectivity index (χ1n) is 9.58. The van der Waals surface area contributed by atoms with E-state index in [2.05, 4.69) is 0 Å². The van der Waals surface area contributed by atoms with Crippen molar-refractivity contribution in [2.45, 2.75) is 31.8 Å². The lowest BCUT2D eigenvalue weighted by molar-refractivity contribution is 0.0679. The second kappa shape index (κ2) is 8.01. The zero-order valence-electron chi connectivity index (χ0n) is 15.6. The number of amides is 1. The Morgan fingerprint density at radius 2 is 2.11 bits per heavy atom. The van der Waals surface area contributed by atoms with Gasteiger partial charge in [-0.05, 0) is 67.6 Å². The number of carbonyl (C=O) groups excluding carboxylic acids is 1. The maximum Gasteiger partial charge on any atom is 0.258 e. The number of ether oxygens (including phenoxy) is 3. The van der Waals surface area contributed by atoms with Gasteiger partial charge in [0.25, 0.3) is 5.91 Å². The SMILES string of the molecule is COc1ccc2c(c1)CCCN2C(=O)c1cccc(OCC2CCCO2)c1. The van der Waals surface area contributed by atoms with Gasteiger partial charge in [0.1, 0.15) is 18.1 Å². The van der Waals surface area contributed by atoms with Crippen LogP contribution in [-0.4, -0.2) is 38.9 Å². The van der Waals surface area contributed by atoms with Crippen LogP contribution in [0.3, 0.4) is 0 Å². The first kappa shape index (κ1) is 17.9. The van der Waals surface area contributed by atoms with Gasteiger partial charge in [-0.1, -0.05) is 6.07 Å². The standard InChI is InChI=1S/C22H25NO4/c1-25-18-9-10-21-16(13-18)6-3-11-23(21)22(24)17-5-2-7-19(14-17)27-15-20-8-4-12-26-20/h2,5,7,9-10,13-14,20H,3-4,6,8,11-12,15H2,1H3. The van der Waals surface area contributed by atoms with Crippen LogP contribution in [0.2, 0.25) is 0 Å². The Labute approximate surface area is 159 Å². The zero-order valence-corrected chi connectivity index (χ0v) is 15.6. The molecule has 1 unspecified atom stereocenters. The van der Waals surface area contributed by atoms with E-state index in [0.29, 0.717) is 17.9 Å². The number of benzene rings is 2. The molecule has 2 aromatic carbocycles. The second-order valence-corrected chi connectivity index (χ2v) is 7.03. The van der Waals surface area contributed by atoms with Gasteiger partial charge in [0, 0.05) is 24.4 Å². The number of anilines is 1. The molecule has 4 rings (SSSR count). The van der Waals surface area contributed by atoms with E-state index in [0.717, 1.165) is 55.8 Å². The molecule has 1 atom stereocenters. The molecule has 142 valence electrons. The van der Waals surface area contributed by atoms with Crippen molar-refractivity contribution in [2.24, 2.45) is 0 Å². The van der Waals surface area contributed by atoms with Crippen LogP contribution in [0.4, 0.5) is 5.69 Å². The van der Waals surface area contributed by atoms with Crippen LogP contribution in [0.5, 0.6) is 11.5 Å². The number of nitrogens with zero attached hydrogens (tertiary/aromatic N) is 1. The average molecular weight is 367 g/mol. The van der Waals surface area contributed by atoms with Crippen molar-refractivity contribution < 1.29 is 19.0 Å². The Morgan fingerprint density at radius 1 is 1.19 bits per heavy atom. The molecule has 27 heavy (non-hydrogen) atoms. The third-order valence-corrected chi connectivity index (χ3v) is 5.19. The summed E-state index contributed by atoms with van der Waals surface area (Å²) < 4.78 is 16.8. The normalized spacial score (nSPS) is 18.9. The molecular weight excluding hydrogens is 342 g/mol. The Hall–Kier alpha value is -2.53. The van der Waals surface area contributed by atoms with Gasteiger partial charge < -0.3 is 19.1 Å². The lowest BCUT2D eigenvalue weighted by Crippen LogP contribution is -2.35. The van der Waals surface area contributed by atoms with Crippen LogP contribution in [0.1, 0.15) is 35.2 Å². The molecule has 0 spiro atoms. The van der Waals surface area contributed by atoms with Crippen molar-refractivity contribution in [3.8, 4) is 11.5 Å². The smallest absolute Gasteiger partial charge is 0.258 e. The van der Waals surface area contributed by atoms with Gasteiger partial charge in [-0.15, -0.1) is 0 Å². The molecule has 2 aliphatic heterocycles. The Kier molecular flexibility index (Phi) is 5.30. The summed E-state index contributed by atoms with van der Waals surface area (Å²) in [5, 5.41) is 0. The zero-order chi connectivity index (χ0) is 18.6. The van der Waals surface area contributed by atoms with E-state index in [-0.39, 0.29) is 12.0 Å². The third kappa shape index (κ3) is 3.93. The highest BCUT2D eigenvalue weighted by Gasteiger charge is 2.24. The minimum Gasteiger partial charge on any atom is -0.497 e. The van der Waals surface area contributed by atoms with Gasteiger partial charge in [0.15, 0.2) is 0 Å². The summed E-state index contributed by atoms with van der Waals surface area (Å²) in [6.45, 7) is 2.06. The summed E-state index contributed by atoms with van der Waals surface area (Å²) >= 11 is 0. The van der Waals surface area contributed by atoms with Crippen LogP contribution < -0.4 is 14.4 Å². The van der Waals surface area contributed by atoms with Gasteiger partial charge in [-0.2, -0.15) is 0 Å². The van der Waals surface area contributed by atoms with Crippen molar-refractivity contribution in [2.75, 3.05) is 31.8 Å². The lowest BCUT2D eigenvalue weighted by atomic mass is 10.0. The summed E-state index contributed by atoms with van der Waals surface area (Å²) in [6, 6.07) is 13.3. The Bertz CT molecular complexity index is 814. The van der Waals surface area contributed by atoms with Gasteiger partial charge in [0.05, 0.1) is 13.2 Å². The van der Waals surface area contributed by atoms with E-state index in [9.17, 15) is 4.79 Å². The first-order valence-corrected chi connectivity index (χ1v) is 9.58. The fourth-order valence-electron chi connectivity index (χ4n) is 3.75. The minimum absolute atomic E-state index is 0.00341. The number of methoxy groups -OCH3 is 1. The van der Waals surface area contributed by atoms with Crippen molar-refractivity contribution in [3.05, 3.63) is 53.6 Å². The van der Waals surface area contributed by atoms with E-state index in [1.54, 1.807) is 7.11 Å². The van der Waals surface area contributed by atoms with Crippen LogP contribution in [0.25, 0.3) is 0 Å². The fraction of sp³-hybridized carbons (Fsp3) is 0.409. The first-order chi connectivity index (χ1) is 13.2. The van der Waals surface area contributed by atoms with Crippen LogP contribution >= 0.6 is 0 Å². The fourth-order valence-corrected chi connectivity index (χ4v) is 3.75. The molecule has 0 radical (unpaired) electrons. The van der Waals surface area contributed by atoms with Gasteiger partial charge in [-0.3, -0.25) is 4.79 Å². The molecule has 0 aliphatic carbocycles. The molecule has 1 saturated heterocycles. The van der Waals surface area contributed by atoms with Crippen LogP contribution in [-0.2, 0) is 11.2 Å². The van der Waals surface area contributed by atoms with Crippen molar-refractivity contribution in [3.63, 3.8) is 0 Å². The predicted octanol–water partition coefficient (Wildman–Crippen LogP) is 3.85. The number of fused-ring (bicyclic) bond motifs is 1. The van der Waals surface area contributed by atoms with Gasteiger partial charge in [0.2, 0.25) is 0 Å². The largest absolute Gasteiger partial charge is 0.497 e. The van der Waals surface area contributed by atoms with Crippen molar-refractivity contribution in [1.82, 2.24) is 0 Å². The molecule has 0 N–H and O–H groups in total. The van der Waals surface area contributed by atoms with Crippen LogP contribution in [0, 0.1) is 0 Å². The molecule has 2 aliphatic rings. The number of rotatable bonds is 5. The molecule has 1 fully saturated rings. The highest BCUT2D eigenvalue weighted by Crippen LogP contribution is 2.32. The molecule has 0 aromatic heterocycles. The second-order valence-electron chi connectivity index (χ2n) is 7.03. The van der Waals surface area contributed by atoms with Crippen molar-refractivity contribution in [1.29, 1.82) is 0 Å². The summed E-state index contributed by atoms with van der Waals surface area (Å²) in [6.07, 6.45) is 4.19. The minimum atomic E-state index is 0.00341. The molecule has 1 amide bonds. The number of aryl methyl sites for hydroxylation is 1. The van der Waals surface area contributed by atoms with Crippen LogP contribution in [0.15, 0.2) is 42.5 Å². The summed E-state index contributed by atoms with van der Waals surface area (Å²) in [4.78, 5) is 15.0. The molecule has 0 saturated carbocycles. The maximum absolute atomic E-state index is 13.1. The number of hydrogen-bond donors (Lipinski definition) is 0. The monoisotopic (exact) mass is 367 g/mol. The summed E-state index contributed by atoms with van der Waals surface area (Å²) in [5.74, 6) is 1.54. The van der Waals surface area contributed by atoms with E-state index in [1.165, 1.54) is 0 Å². The lowest BCUT2D eigenvalue weighted by Gasteiger charge is -2.30. The predicted molar refractivity (Wildman–Crippen MR) is 104 cm³/mol. The van der Waals surface area contributed by atoms with E-state index < -0.39 is 0 Å². The maximum atomic E-state index is 13.1. The van der Waals surface area contributed by atoms with Gasteiger partial charge in [-0.25, -0.2) is 0 Å². The summed E-state index contributed by atoms with van der Waals surface area (Å²) in [7, 11) is 1.66. The van der Waals surface area contributed by atoms with Gasteiger partial charge >= 0.3 is 0 Å². The quantitative estimate of drug-likeness (QED) is 0.805.